The first-order valence-electron chi connectivity index (χ1n) is 11.0. The van der Waals surface area contributed by atoms with Crippen molar-refractivity contribution in [1.29, 1.82) is 0 Å². The molecule has 0 radical (unpaired) electrons. The van der Waals surface area contributed by atoms with Crippen molar-refractivity contribution in [2.24, 2.45) is 11.8 Å². The van der Waals surface area contributed by atoms with E-state index in [9.17, 15) is 18.0 Å². The molecule has 34 heavy (non-hydrogen) atoms. The van der Waals surface area contributed by atoms with Crippen LogP contribution in [-0.2, 0) is 21.4 Å². The number of pyridine rings is 1. The highest BCUT2D eigenvalue weighted by Gasteiger charge is 2.34. The fraction of sp³-hybridized carbons (Fsp3) is 0.375. The first-order valence-corrected chi connectivity index (χ1v) is 12.5. The zero-order valence-corrected chi connectivity index (χ0v) is 20.1. The molecular weight excluding hydrogens is 458 g/mol. The molecule has 0 N–H and O–H groups in total. The summed E-state index contributed by atoms with van der Waals surface area (Å²) in [6.07, 6.45) is 2.56. The first kappa shape index (κ1) is 23.9. The smallest absolute Gasteiger partial charge is 0.338 e. The van der Waals surface area contributed by atoms with E-state index >= 15 is 0 Å². The molecule has 1 aliphatic heterocycles. The molecule has 0 unspecified atom stereocenters. The lowest BCUT2D eigenvalue weighted by Crippen LogP contribution is -2.42. The number of carbonyl (C=O) groups is 1. The van der Waals surface area contributed by atoms with Gasteiger partial charge in [0.1, 0.15) is 22.9 Å². The number of hydrogen-bond acceptors (Lipinski definition) is 7. The highest BCUT2D eigenvalue weighted by Crippen LogP contribution is 2.32. The molecule has 1 saturated heterocycles. The maximum absolute atomic E-state index is 13.4. The fourth-order valence-corrected chi connectivity index (χ4v) is 6.21. The maximum Gasteiger partial charge on any atom is 0.338 e. The van der Waals surface area contributed by atoms with Crippen molar-refractivity contribution < 1.29 is 22.7 Å². The second-order valence-electron chi connectivity index (χ2n) is 8.72. The van der Waals surface area contributed by atoms with Crippen molar-refractivity contribution in [1.82, 2.24) is 13.7 Å². The van der Waals surface area contributed by atoms with E-state index in [1.54, 1.807) is 24.4 Å². The summed E-state index contributed by atoms with van der Waals surface area (Å²) < 4.78 is 40.3. The van der Waals surface area contributed by atoms with Gasteiger partial charge in [0.25, 0.3) is 5.56 Å². The Bertz CT molecular complexity index is 1370. The molecule has 0 bridgehead atoms. The Hall–Kier alpha value is -3.24. The third-order valence-corrected chi connectivity index (χ3v) is 7.68. The highest BCUT2D eigenvalue weighted by atomic mass is 32.2. The third-order valence-electron chi connectivity index (χ3n) is 5.83. The molecule has 4 rings (SSSR count). The van der Waals surface area contributed by atoms with E-state index in [0.29, 0.717) is 24.4 Å². The van der Waals surface area contributed by atoms with Crippen molar-refractivity contribution >= 4 is 21.6 Å². The summed E-state index contributed by atoms with van der Waals surface area (Å²) in [6.45, 7) is 4.64. The van der Waals surface area contributed by atoms with Crippen LogP contribution in [-0.4, -0.2) is 48.3 Å². The standard InChI is InChI=1S/C24H27N3O6S/c1-16-10-17(2)14-26(13-16)34(30,31)21-11-18(7-8-20(21)32-3)24(29)33-15-19-12-23(28)27-9-5-4-6-22(27)25-19/h4-9,11-12,16-17H,10,13-15H2,1-3H3/t16-,17-/m0/s1. The molecule has 1 fully saturated rings. The second kappa shape index (κ2) is 9.55. The molecule has 3 heterocycles. The second-order valence-corrected chi connectivity index (χ2v) is 10.6. The number of nitrogens with zero attached hydrogens (tertiary/aromatic N) is 3. The van der Waals surface area contributed by atoms with E-state index in [4.69, 9.17) is 9.47 Å². The molecule has 1 aliphatic rings. The van der Waals surface area contributed by atoms with Gasteiger partial charge in [-0.05, 0) is 48.6 Å². The van der Waals surface area contributed by atoms with Gasteiger partial charge in [-0.3, -0.25) is 9.20 Å². The minimum atomic E-state index is -3.88. The first-order chi connectivity index (χ1) is 16.2. The Balaban J connectivity index is 1.57. The summed E-state index contributed by atoms with van der Waals surface area (Å²) in [7, 11) is -2.49. The van der Waals surface area contributed by atoms with Crippen LogP contribution in [0.1, 0.15) is 36.3 Å². The number of piperidine rings is 1. The van der Waals surface area contributed by atoms with E-state index in [1.807, 2.05) is 13.8 Å². The third kappa shape index (κ3) is 4.83. The lowest BCUT2D eigenvalue weighted by atomic mass is 9.94. The minimum absolute atomic E-state index is 0.0648. The van der Waals surface area contributed by atoms with Crippen LogP contribution < -0.4 is 10.3 Å². The van der Waals surface area contributed by atoms with Gasteiger partial charge in [0.15, 0.2) is 0 Å². The van der Waals surface area contributed by atoms with E-state index in [2.05, 4.69) is 4.98 Å². The minimum Gasteiger partial charge on any atom is -0.495 e. The van der Waals surface area contributed by atoms with Crippen LogP contribution in [0.5, 0.6) is 5.75 Å². The topological polar surface area (TPSA) is 107 Å². The predicted molar refractivity (Wildman–Crippen MR) is 125 cm³/mol. The number of hydrogen-bond donors (Lipinski definition) is 0. The normalized spacial score (nSPS) is 19.1. The van der Waals surface area contributed by atoms with Gasteiger partial charge in [-0.1, -0.05) is 19.9 Å². The molecule has 0 spiro atoms. The molecule has 2 atom stereocenters. The number of methoxy groups -OCH3 is 1. The number of ether oxygens (including phenoxy) is 2. The van der Waals surface area contributed by atoms with Crippen LogP contribution in [0.3, 0.4) is 0 Å². The highest BCUT2D eigenvalue weighted by molar-refractivity contribution is 7.89. The van der Waals surface area contributed by atoms with Crippen molar-refractivity contribution in [3.8, 4) is 5.75 Å². The van der Waals surface area contributed by atoms with Crippen molar-refractivity contribution in [2.75, 3.05) is 20.2 Å². The van der Waals surface area contributed by atoms with E-state index in [1.165, 1.54) is 40.1 Å². The van der Waals surface area contributed by atoms with Crippen LogP contribution in [0.2, 0.25) is 0 Å². The van der Waals surface area contributed by atoms with Gasteiger partial charge >= 0.3 is 5.97 Å². The Labute approximate surface area is 198 Å². The van der Waals surface area contributed by atoms with Gasteiger partial charge in [-0.15, -0.1) is 0 Å². The summed E-state index contributed by atoms with van der Waals surface area (Å²) in [6, 6.07) is 10.6. The number of rotatable bonds is 6. The quantitative estimate of drug-likeness (QED) is 0.494. The molecule has 0 saturated carbocycles. The molecule has 10 heteroatoms. The van der Waals surface area contributed by atoms with E-state index in [-0.39, 0.29) is 40.2 Å². The molecule has 9 nitrogen and oxygen atoms in total. The number of esters is 1. The largest absolute Gasteiger partial charge is 0.495 e. The van der Waals surface area contributed by atoms with E-state index < -0.39 is 16.0 Å². The van der Waals surface area contributed by atoms with Gasteiger partial charge in [0, 0.05) is 25.4 Å². The molecule has 0 amide bonds. The van der Waals surface area contributed by atoms with Crippen LogP contribution >= 0.6 is 0 Å². The van der Waals surface area contributed by atoms with Crippen LogP contribution in [0.4, 0.5) is 0 Å². The van der Waals surface area contributed by atoms with Gasteiger partial charge in [0.05, 0.1) is 18.4 Å². The number of fused-ring (bicyclic) bond motifs is 1. The Morgan fingerprint density at radius 1 is 1.12 bits per heavy atom. The average molecular weight is 486 g/mol. The Kier molecular flexibility index (Phi) is 6.72. The molecular formula is C24H27N3O6S. The zero-order valence-electron chi connectivity index (χ0n) is 19.3. The molecule has 2 aromatic heterocycles. The van der Waals surface area contributed by atoms with Crippen molar-refractivity contribution in [3.63, 3.8) is 0 Å². The Morgan fingerprint density at radius 2 is 1.85 bits per heavy atom. The van der Waals surface area contributed by atoms with Crippen LogP contribution in [0, 0.1) is 11.8 Å². The summed E-state index contributed by atoms with van der Waals surface area (Å²) in [5.41, 5.74) is 0.500. The summed E-state index contributed by atoms with van der Waals surface area (Å²) >= 11 is 0. The summed E-state index contributed by atoms with van der Waals surface area (Å²) in [5.74, 6) is -0.103. The molecule has 3 aromatic rings. The summed E-state index contributed by atoms with van der Waals surface area (Å²) in [4.78, 5) is 29.2. The van der Waals surface area contributed by atoms with Gasteiger partial charge < -0.3 is 9.47 Å². The molecule has 1 aromatic carbocycles. The van der Waals surface area contributed by atoms with Gasteiger partial charge in [-0.2, -0.15) is 4.31 Å². The Morgan fingerprint density at radius 3 is 2.56 bits per heavy atom. The zero-order chi connectivity index (χ0) is 24.5. The maximum atomic E-state index is 13.4. The monoisotopic (exact) mass is 485 g/mol. The number of sulfonamides is 1. The van der Waals surface area contributed by atoms with Crippen LogP contribution in [0.15, 0.2) is 58.4 Å². The number of carbonyl (C=O) groups excluding carboxylic acids is 1. The number of aromatic nitrogens is 2. The predicted octanol–water partition coefficient (Wildman–Crippen LogP) is 2.73. The lowest BCUT2D eigenvalue weighted by molar-refractivity contribution is 0.0467. The molecule has 0 aliphatic carbocycles. The van der Waals surface area contributed by atoms with Gasteiger partial charge in [-0.25, -0.2) is 18.2 Å². The lowest BCUT2D eigenvalue weighted by Gasteiger charge is -2.34. The average Bonchev–Trinajstić information content (AvgIpc) is 2.81. The summed E-state index contributed by atoms with van der Waals surface area (Å²) in [5, 5.41) is 0. The number of benzene rings is 1. The van der Waals surface area contributed by atoms with Crippen molar-refractivity contribution in [3.05, 3.63) is 70.3 Å². The SMILES string of the molecule is COc1ccc(C(=O)OCc2cc(=O)n3ccccc3n2)cc1S(=O)(=O)N1C[C@@H](C)C[C@H](C)C1. The van der Waals surface area contributed by atoms with E-state index in [0.717, 1.165) is 6.42 Å². The van der Waals surface area contributed by atoms with Gasteiger partial charge in [0.2, 0.25) is 10.0 Å². The molecule has 180 valence electrons. The van der Waals surface area contributed by atoms with Crippen molar-refractivity contribution in [2.45, 2.75) is 31.8 Å². The fourth-order valence-electron chi connectivity index (χ4n) is 4.35. The van der Waals surface area contributed by atoms with Crippen LogP contribution in [0.25, 0.3) is 5.65 Å².